The van der Waals surface area contributed by atoms with Crippen molar-refractivity contribution >= 4 is 5.91 Å². The predicted molar refractivity (Wildman–Crippen MR) is 81.3 cm³/mol. The minimum Gasteiger partial charge on any atom is -0.393 e. The second-order valence-corrected chi connectivity index (χ2v) is 6.68. The Kier molecular flexibility index (Phi) is 4.78. The van der Waals surface area contributed by atoms with E-state index < -0.39 is 0 Å². The maximum Gasteiger partial charge on any atom is 0.276 e. The summed E-state index contributed by atoms with van der Waals surface area (Å²) in [5.41, 5.74) is 0.418. The molecule has 6 heteroatoms. The van der Waals surface area contributed by atoms with Crippen molar-refractivity contribution in [1.29, 1.82) is 0 Å². The summed E-state index contributed by atoms with van der Waals surface area (Å²) < 4.78 is 5.33. The number of piperidine rings is 2. The molecule has 6 nitrogen and oxygen atoms in total. The highest BCUT2D eigenvalue weighted by atomic mass is 16.5. The molecule has 0 saturated carbocycles. The van der Waals surface area contributed by atoms with Gasteiger partial charge in [0, 0.05) is 32.2 Å². The first kappa shape index (κ1) is 15.5. The average Bonchev–Trinajstić information content (AvgIpc) is 2.97. The van der Waals surface area contributed by atoms with E-state index in [4.69, 9.17) is 4.52 Å². The molecule has 1 amide bonds. The SMILES string of the molecule is C[C@H]1CCCN(C(=O)c2cc(CN3CCC(O)CC3)on2)C1. The van der Waals surface area contributed by atoms with Crippen LogP contribution < -0.4 is 0 Å². The van der Waals surface area contributed by atoms with Crippen molar-refractivity contribution < 1.29 is 14.4 Å². The first-order valence-electron chi connectivity index (χ1n) is 8.27. The fourth-order valence-corrected chi connectivity index (χ4v) is 3.32. The van der Waals surface area contributed by atoms with Crippen molar-refractivity contribution in [3.8, 4) is 0 Å². The number of hydrogen-bond acceptors (Lipinski definition) is 5. The van der Waals surface area contributed by atoms with Gasteiger partial charge in [0.05, 0.1) is 12.6 Å². The molecule has 2 fully saturated rings. The van der Waals surface area contributed by atoms with Gasteiger partial charge >= 0.3 is 0 Å². The van der Waals surface area contributed by atoms with Crippen LogP contribution in [0.4, 0.5) is 0 Å². The van der Waals surface area contributed by atoms with Gasteiger partial charge in [-0.05, 0) is 31.6 Å². The van der Waals surface area contributed by atoms with Crippen LogP contribution in [0.1, 0.15) is 48.9 Å². The van der Waals surface area contributed by atoms with Crippen molar-refractivity contribution in [1.82, 2.24) is 15.0 Å². The predicted octanol–water partition coefficient (Wildman–Crippen LogP) is 1.50. The number of likely N-dealkylation sites (tertiary alicyclic amines) is 2. The number of carbonyl (C=O) groups excluding carboxylic acids is 1. The van der Waals surface area contributed by atoms with Crippen molar-refractivity contribution in [2.45, 2.75) is 45.3 Å². The van der Waals surface area contributed by atoms with Crippen LogP contribution in [0.15, 0.2) is 10.6 Å². The zero-order chi connectivity index (χ0) is 15.5. The average molecular weight is 307 g/mol. The molecule has 0 unspecified atom stereocenters. The molecule has 3 rings (SSSR count). The topological polar surface area (TPSA) is 69.8 Å². The maximum atomic E-state index is 12.5. The molecule has 2 aliphatic rings. The maximum absolute atomic E-state index is 12.5. The molecule has 1 N–H and O–H groups in total. The molecule has 0 radical (unpaired) electrons. The summed E-state index contributed by atoms with van der Waals surface area (Å²) in [4.78, 5) is 16.6. The number of aromatic nitrogens is 1. The van der Waals surface area contributed by atoms with E-state index in [1.165, 1.54) is 6.42 Å². The van der Waals surface area contributed by atoms with Crippen LogP contribution in [-0.2, 0) is 6.54 Å². The number of nitrogens with zero attached hydrogens (tertiary/aromatic N) is 3. The Balaban J connectivity index is 1.57. The Hall–Kier alpha value is -1.40. The lowest BCUT2D eigenvalue weighted by atomic mass is 10.00. The fraction of sp³-hybridized carbons (Fsp3) is 0.750. The molecule has 122 valence electrons. The summed E-state index contributed by atoms with van der Waals surface area (Å²) >= 11 is 0. The van der Waals surface area contributed by atoms with Crippen LogP contribution in [0.3, 0.4) is 0 Å². The summed E-state index contributed by atoms with van der Waals surface area (Å²) in [6.07, 6.45) is 3.67. The summed E-state index contributed by atoms with van der Waals surface area (Å²) in [5, 5.41) is 13.5. The van der Waals surface area contributed by atoms with E-state index in [2.05, 4.69) is 17.0 Å². The highest BCUT2D eigenvalue weighted by Gasteiger charge is 2.25. The van der Waals surface area contributed by atoms with E-state index in [-0.39, 0.29) is 12.0 Å². The summed E-state index contributed by atoms with van der Waals surface area (Å²) in [5.74, 6) is 1.27. The van der Waals surface area contributed by atoms with E-state index in [9.17, 15) is 9.90 Å². The number of amides is 1. The van der Waals surface area contributed by atoms with Crippen LogP contribution in [0.25, 0.3) is 0 Å². The third-order valence-electron chi connectivity index (χ3n) is 4.66. The van der Waals surface area contributed by atoms with E-state index >= 15 is 0 Å². The van der Waals surface area contributed by atoms with Crippen LogP contribution >= 0.6 is 0 Å². The summed E-state index contributed by atoms with van der Waals surface area (Å²) in [6, 6.07) is 1.77. The summed E-state index contributed by atoms with van der Waals surface area (Å²) in [6.45, 7) is 6.17. The zero-order valence-corrected chi connectivity index (χ0v) is 13.2. The highest BCUT2D eigenvalue weighted by molar-refractivity contribution is 5.92. The number of aliphatic hydroxyl groups is 1. The van der Waals surface area contributed by atoms with Crippen LogP contribution in [0.2, 0.25) is 0 Å². The van der Waals surface area contributed by atoms with E-state index in [1.54, 1.807) is 6.07 Å². The largest absolute Gasteiger partial charge is 0.393 e. The molecule has 0 aromatic carbocycles. The lowest BCUT2D eigenvalue weighted by Gasteiger charge is -2.30. The molecule has 1 aromatic heterocycles. The number of rotatable bonds is 3. The molecular weight excluding hydrogens is 282 g/mol. The highest BCUT2D eigenvalue weighted by Crippen LogP contribution is 2.19. The van der Waals surface area contributed by atoms with Crippen LogP contribution in [0.5, 0.6) is 0 Å². The lowest BCUT2D eigenvalue weighted by Crippen LogP contribution is -2.39. The molecule has 1 atom stereocenters. The van der Waals surface area contributed by atoms with E-state index in [1.807, 2.05) is 4.90 Å². The number of aliphatic hydroxyl groups excluding tert-OH is 1. The van der Waals surface area contributed by atoms with Crippen LogP contribution in [0, 0.1) is 5.92 Å². The van der Waals surface area contributed by atoms with Gasteiger partial charge in [0.1, 0.15) is 0 Å². The molecule has 3 heterocycles. The monoisotopic (exact) mass is 307 g/mol. The Morgan fingerprint density at radius 3 is 2.86 bits per heavy atom. The lowest BCUT2D eigenvalue weighted by molar-refractivity contribution is 0.0670. The standard InChI is InChI=1S/C16H25N3O3/c1-12-3-2-6-19(10-12)16(21)15-9-14(22-17-15)11-18-7-4-13(20)5-8-18/h9,12-13,20H,2-8,10-11H2,1H3/t12-/m0/s1. The molecule has 1 aromatic rings. The number of carbonyl (C=O) groups is 1. The second-order valence-electron chi connectivity index (χ2n) is 6.68. The molecule has 22 heavy (non-hydrogen) atoms. The minimum absolute atomic E-state index is 0.0179. The minimum atomic E-state index is -0.177. The molecule has 2 saturated heterocycles. The van der Waals surface area contributed by atoms with Crippen molar-refractivity contribution in [2.24, 2.45) is 5.92 Å². The van der Waals surface area contributed by atoms with Gasteiger partial charge in [-0.2, -0.15) is 0 Å². The smallest absolute Gasteiger partial charge is 0.276 e. The van der Waals surface area contributed by atoms with Crippen molar-refractivity contribution in [3.63, 3.8) is 0 Å². The van der Waals surface area contributed by atoms with Gasteiger partial charge in [-0.1, -0.05) is 12.1 Å². The quantitative estimate of drug-likeness (QED) is 0.916. The van der Waals surface area contributed by atoms with Crippen molar-refractivity contribution in [3.05, 3.63) is 17.5 Å². The third-order valence-corrected chi connectivity index (χ3v) is 4.66. The Labute approximate surface area is 131 Å². The Morgan fingerprint density at radius 1 is 1.36 bits per heavy atom. The number of hydrogen-bond donors (Lipinski definition) is 1. The summed E-state index contributed by atoms with van der Waals surface area (Å²) in [7, 11) is 0. The van der Waals surface area contributed by atoms with Gasteiger partial charge in [-0.25, -0.2) is 0 Å². The molecule has 2 aliphatic heterocycles. The van der Waals surface area contributed by atoms with Gasteiger partial charge in [-0.3, -0.25) is 9.69 Å². The molecular formula is C16H25N3O3. The second kappa shape index (κ2) is 6.79. The van der Waals surface area contributed by atoms with E-state index in [0.29, 0.717) is 18.2 Å². The van der Waals surface area contributed by atoms with Gasteiger partial charge in [-0.15, -0.1) is 0 Å². The Bertz CT molecular complexity index is 508. The van der Waals surface area contributed by atoms with Gasteiger partial charge < -0.3 is 14.5 Å². The first-order valence-corrected chi connectivity index (χ1v) is 8.27. The molecule has 0 spiro atoms. The third kappa shape index (κ3) is 3.67. The molecule has 0 aliphatic carbocycles. The normalized spacial score (nSPS) is 24.6. The fourth-order valence-electron chi connectivity index (χ4n) is 3.32. The Morgan fingerprint density at radius 2 is 2.14 bits per heavy atom. The zero-order valence-electron chi connectivity index (χ0n) is 13.2. The van der Waals surface area contributed by atoms with Gasteiger partial charge in [0.25, 0.3) is 5.91 Å². The van der Waals surface area contributed by atoms with Crippen LogP contribution in [-0.4, -0.2) is 58.3 Å². The van der Waals surface area contributed by atoms with Crippen molar-refractivity contribution in [2.75, 3.05) is 26.2 Å². The van der Waals surface area contributed by atoms with E-state index in [0.717, 1.165) is 51.2 Å². The van der Waals surface area contributed by atoms with Gasteiger partial charge in [0.2, 0.25) is 0 Å². The first-order chi connectivity index (χ1) is 10.6. The molecule has 0 bridgehead atoms. The van der Waals surface area contributed by atoms with Gasteiger partial charge in [0.15, 0.2) is 11.5 Å².